The van der Waals surface area contributed by atoms with Crippen LogP contribution >= 0.6 is 11.6 Å². The third-order valence-corrected chi connectivity index (χ3v) is 4.38. The van der Waals surface area contributed by atoms with Gasteiger partial charge in [0, 0.05) is 18.5 Å². The van der Waals surface area contributed by atoms with Crippen molar-refractivity contribution >= 4 is 23.5 Å². The van der Waals surface area contributed by atoms with Crippen molar-refractivity contribution in [1.82, 2.24) is 0 Å². The average Bonchev–Trinajstić information content (AvgIpc) is 2.58. The molecule has 3 rings (SSSR count). The fourth-order valence-electron chi connectivity index (χ4n) is 2.79. The van der Waals surface area contributed by atoms with E-state index >= 15 is 0 Å². The topological polar surface area (TPSA) is 85.6 Å². The second-order valence-electron chi connectivity index (χ2n) is 5.77. The Bertz CT molecular complexity index is 758. The zero-order chi connectivity index (χ0) is 17.1. The number of aromatic hydroxyl groups is 2. The van der Waals surface area contributed by atoms with Crippen LogP contribution in [0.2, 0.25) is 5.02 Å². The Morgan fingerprint density at radius 2 is 1.96 bits per heavy atom. The SMILES string of the molecule is N=Cc1c(O)cc(-c2ccc(O)c(Cl)c2)cc1NC1CCCCO1. The minimum atomic E-state index is -0.129. The number of phenolic OH excluding ortho intramolecular Hbond substituents is 2. The highest BCUT2D eigenvalue weighted by Gasteiger charge is 2.17. The maximum Gasteiger partial charge on any atom is 0.134 e. The second kappa shape index (κ2) is 7.11. The van der Waals surface area contributed by atoms with Gasteiger partial charge in [-0.3, -0.25) is 0 Å². The summed E-state index contributed by atoms with van der Waals surface area (Å²) in [5, 5.41) is 30.9. The fourth-order valence-corrected chi connectivity index (χ4v) is 2.97. The van der Waals surface area contributed by atoms with E-state index in [1.54, 1.807) is 18.2 Å². The van der Waals surface area contributed by atoms with Crippen molar-refractivity contribution in [2.75, 3.05) is 11.9 Å². The molecule has 1 aliphatic heterocycles. The molecule has 1 atom stereocenters. The second-order valence-corrected chi connectivity index (χ2v) is 6.17. The van der Waals surface area contributed by atoms with E-state index in [2.05, 4.69) is 5.32 Å². The van der Waals surface area contributed by atoms with Gasteiger partial charge in [-0.15, -0.1) is 0 Å². The van der Waals surface area contributed by atoms with Gasteiger partial charge in [0.15, 0.2) is 0 Å². The highest BCUT2D eigenvalue weighted by Crippen LogP contribution is 2.35. The maximum atomic E-state index is 10.3. The summed E-state index contributed by atoms with van der Waals surface area (Å²) in [5.41, 5.74) is 2.55. The number of hydrogen-bond donors (Lipinski definition) is 4. The van der Waals surface area contributed by atoms with Crippen LogP contribution in [0.4, 0.5) is 5.69 Å². The van der Waals surface area contributed by atoms with Crippen molar-refractivity contribution in [3.8, 4) is 22.6 Å². The van der Waals surface area contributed by atoms with Gasteiger partial charge in [0.05, 0.1) is 10.6 Å². The molecule has 126 valence electrons. The van der Waals surface area contributed by atoms with Crippen molar-refractivity contribution in [3.63, 3.8) is 0 Å². The van der Waals surface area contributed by atoms with Crippen LogP contribution in [0.15, 0.2) is 30.3 Å². The van der Waals surface area contributed by atoms with Gasteiger partial charge in [0.2, 0.25) is 0 Å². The van der Waals surface area contributed by atoms with E-state index in [4.69, 9.17) is 21.7 Å². The van der Waals surface area contributed by atoms with Gasteiger partial charge >= 0.3 is 0 Å². The summed E-state index contributed by atoms with van der Waals surface area (Å²) in [5.74, 6) is 0.0136. The highest BCUT2D eigenvalue weighted by molar-refractivity contribution is 6.32. The monoisotopic (exact) mass is 346 g/mol. The number of phenols is 2. The summed E-state index contributed by atoms with van der Waals surface area (Å²) in [6.07, 6.45) is 4.00. The van der Waals surface area contributed by atoms with E-state index in [0.717, 1.165) is 36.6 Å². The molecule has 2 aromatic carbocycles. The Morgan fingerprint density at radius 1 is 1.12 bits per heavy atom. The van der Waals surface area contributed by atoms with Crippen molar-refractivity contribution in [2.45, 2.75) is 25.5 Å². The van der Waals surface area contributed by atoms with E-state index in [1.807, 2.05) is 6.07 Å². The van der Waals surface area contributed by atoms with E-state index in [9.17, 15) is 10.2 Å². The molecule has 1 aliphatic rings. The van der Waals surface area contributed by atoms with Crippen LogP contribution in [0.5, 0.6) is 11.5 Å². The van der Waals surface area contributed by atoms with Crippen molar-refractivity contribution < 1.29 is 14.9 Å². The average molecular weight is 347 g/mol. The molecule has 0 bridgehead atoms. The molecule has 0 saturated carbocycles. The summed E-state index contributed by atoms with van der Waals surface area (Å²) in [4.78, 5) is 0. The van der Waals surface area contributed by atoms with Gasteiger partial charge in [-0.1, -0.05) is 17.7 Å². The lowest BCUT2D eigenvalue weighted by Crippen LogP contribution is -2.27. The lowest BCUT2D eigenvalue weighted by molar-refractivity contribution is 0.0343. The van der Waals surface area contributed by atoms with Gasteiger partial charge < -0.3 is 25.7 Å². The zero-order valence-electron chi connectivity index (χ0n) is 13.1. The zero-order valence-corrected chi connectivity index (χ0v) is 13.8. The van der Waals surface area contributed by atoms with Crippen molar-refractivity contribution in [1.29, 1.82) is 5.41 Å². The Morgan fingerprint density at radius 3 is 2.62 bits per heavy atom. The van der Waals surface area contributed by atoms with Crippen LogP contribution < -0.4 is 5.32 Å². The van der Waals surface area contributed by atoms with Crippen molar-refractivity contribution in [2.24, 2.45) is 0 Å². The smallest absolute Gasteiger partial charge is 0.134 e. The molecule has 6 heteroatoms. The lowest BCUT2D eigenvalue weighted by Gasteiger charge is -2.25. The molecule has 0 aromatic heterocycles. The van der Waals surface area contributed by atoms with Gasteiger partial charge in [-0.2, -0.15) is 0 Å². The summed E-state index contributed by atoms with van der Waals surface area (Å²) >= 11 is 5.97. The Balaban J connectivity index is 1.98. The third-order valence-electron chi connectivity index (χ3n) is 4.08. The first-order valence-corrected chi connectivity index (χ1v) is 8.21. The Labute approximate surface area is 145 Å². The maximum absolute atomic E-state index is 10.3. The number of rotatable bonds is 4. The molecular formula is C18H19ClN2O3. The molecule has 1 unspecified atom stereocenters. The Kier molecular flexibility index (Phi) is 4.92. The quantitative estimate of drug-likeness (QED) is 0.620. The largest absolute Gasteiger partial charge is 0.507 e. The summed E-state index contributed by atoms with van der Waals surface area (Å²) in [7, 11) is 0. The normalized spacial score (nSPS) is 17.5. The first-order chi connectivity index (χ1) is 11.6. The molecule has 24 heavy (non-hydrogen) atoms. The van der Waals surface area contributed by atoms with E-state index in [-0.39, 0.29) is 22.7 Å². The molecule has 4 N–H and O–H groups in total. The molecule has 0 radical (unpaired) electrons. The van der Waals surface area contributed by atoms with Gasteiger partial charge in [-0.05, 0) is 54.7 Å². The molecule has 5 nitrogen and oxygen atoms in total. The number of hydrogen-bond acceptors (Lipinski definition) is 5. The molecule has 1 heterocycles. The van der Waals surface area contributed by atoms with Crippen LogP contribution in [0.25, 0.3) is 11.1 Å². The lowest BCUT2D eigenvalue weighted by atomic mass is 10.0. The predicted molar refractivity (Wildman–Crippen MR) is 95.3 cm³/mol. The predicted octanol–water partition coefficient (Wildman–Crippen LogP) is 4.35. The minimum Gasteiger partial charge on any atom is -0.507 e. The molecule has 0 spiro atoms. The van der Waals surface area contributed by atoms with Crippen LogP contribution in [-0.2, 0) is 4.74 Å². The van der Waals surface area contributed by atoms with Crippen LogP contribution in [0, 0.1) is 5.41 Å². The van der Waals surface area contributed by atoms with Crippen LogP contribution in [0.1, 0.15) is 24.8 Å². The Hall–Kier alpha value is -2.24. The van der Waals surface area contributed by atoms with Gasteiger partial charge in [0.1, 0.15) is 17.7 Å². The van der Waals surface area contributed by atoms with E-state index in [0.29, 0.717) is 17.9 Å². The molecule has 0 amide bonds. The summed E-state index contributed by atoms with van der Waals surface area (Å²) in [6, 6.07) is 8.30. The number of halogens is 1. The standard InChI is InChI=1S/C18H19ClN2O3/c19-14-7-11(4-5-16(14)22)12-8-15(13(10-20)17(23)9-12)21-18-3-1-2-6-24-18/h4-5,7-10,18,20-23H,1-3,6H2. The number of ether oxygens (including phenoxy) is 1. The number of benzene rings is 2. The fraction of sp³-hybridized carbons (Fsp3) is 0.278. The van der Waals surface area contributed by atoms with E-state index < -0.39 is 0 Å². The number of anilines is 1. The van der Waals surface area contributed by atoms with Crippen LogP contribution in [0.3, 0.4) is 0 Å². The first-order valence-electron chi connectivity index (χ1n) is 7.83. The van der Waals surface area contributed by atoms with Crippen molar-refractivity contribution in [3.05, 3.63) is 40.9 Å². The summed E-state index contributed by atoms with van der Waals surface area (Å²) in [6.45, 7) is 0.705. The molecule has 1 saturated heterocycles. The molecule has 2 aromatic rings. The van der Waals surface area contributed by atoms with Crippen LogP contribution in [-0.4, -0.2) is 29.3 Å². The molecular weight excluding hydrogens is 328 g/mol. The highest BCUT2D eigenvalue weighted by atomic mass is 35.5. The minimum absolute atomic E-state index is 0.00464. The van der Waals surface area contributed by atoms with Gasteiger partial charge in [-0.25, -0.2) is 0 Å². The van der Waals surface area contributed by atoms with Gasteiger partial charge in [0.25, 0.3) is 0 Å². The molecule has 1 fully saturated rings. The number of nitrogens with one attached hydrogen (secondary N) is 2. The first kappa shape index (κ1) is 16.6. The molecule has 0 aliphatic carbocycles. The van der Waals surface area contributed by atoms with E-state index in [1.165, 1.54) is 6.07 Å². The third kappa shape index (κ3) is 3.47. The summed E-state index contributed by atoms with van der Waals surface area (Å²) < 4.78 is 5.68.